The minimum atomic E-state index is -0.756. The first-order valence-corrected chi connectivity index (χ1v) is 10.4. The maximum atomic E-state index is 13.2. The van der Waals surface area contributed by atoms with Crippen molar-refractivity contribution in [3.05, 3.63) is 59.7 Å². The Bertz CT molecular complexity index is 854. The molecule has 2 unspecified atom stereocenters. The van der Waals surface area contributed by atoms with E-state index in [1.165, 1.54) is 0 Å². The summed E-state index contributed by atoms with van der Waals surface area (Å²) in [6.45, 7) is 2.01. The lowest BCUT2D eigenvalue weighted by atomic mass is 9.70. The Morgan fingerprint density at radius 3 is 1.33 bits per heavy atom. The average molecular weight is 407 g/mol. The smallest absolute Gasteiger partial charge is 0.173 e. The molecule has 1 fully saturated rings. The molecular formula is C25H30N2O3. The molecule has 0 saturated heterocycles. The van der Waals surface area contributed by atoms with Crippen LogP contribution in [0.15, 0.2) is 48.5 Å². The molecule has 1 aliphatic rings. The molecular weight excluding hydrogens is 376 g/mol. The maximum absolute atomic E-state index is 13.2. The first-order valence-electron chi connectivity index (χ1n) is 10.4. The lowest BCUT2D eigenvalue weighted by molar-refractivity contribution is -0.126. The Labute approximate surface area is 178 Å². The lowest BCUT2D eigenvalue weighted by Gasteiger charge is -2.30. The van der Waals surface area contributed by atoms with Crippen molar-refractivity contribution in [2.75, 3.05) is 38.0 Å². The van der Waals surface area contributed by atoms with Crippen LogP contribution in [0.25, 0.3) is 0 Å². The molecule has 5 nitrogen and oxygen atoms in total. The molecule has 0 heterocycles. The second-order valence-corrected chi connectivity index (χ2v) is 8.70. The van der Waals surface area contributed by atoms with E-state index in [4.69, 9.17) is 0 Å². The number of hydrogen-bond donors (Lipinski definition) is 0. The summed E-state index contributed by atoms with van der Waals surface area (Å²) in [6.07, 6.45) is 0.993. The van der Waals surface area contributed by atoms with Crippen LogP contribution in [0.4, 0.5) is 11.4 Å². The van der Waals surface area contributed by atoms with Gasteiger partial charge in [-0.3, -0.25) is 14.4 Å². The number of nitrogens with zero attached hydrogens (tertiary/aromatic N) is 2. The van der Waals surface area contributed by atoms with Crippen LogP contribution >= 0.6 is 0 Å². The number of carbonyl (C=O) groups excluding carboxylic acids is 3. The number of rotatable bonds is 6. The van der Waals surface area contributed by atoms with E-state index >= 15 is 0 Å². The highest BCUT2D eigenvalue weighted by molar-refractivity contribution is 6.19. The van der Waals surface area contributed by atoms with Gasteiger partial charge in [0.05, 0.1) is 11.8 Å². The van der Waals surface area contributed by atoms with Crippen molar-refractivity contribution in [2.45, 2.75) is 19.8 Å². The first-order chi connectivity index (χ1) is 14.2. The summed E-state index contributed by atoms with van der Waals surface area (Å²) in [5.74, 6) is -1.98. The molecule has 0 amide bonds. The maximum Gasteiger partial charge on any atom is 0.173 e. The second-order valence-electron chi connectivity index (χ2n) is 8.70. The van der Waals surface area contributed by atoms with E-state index in [2.05, 4.69) is 0 Å². The summed E-state index contributed by atoms with van der Waals surface area (Å²) in [5, 5.41) is 0. The van der Waals surface area contributed by atoms with Crippen LogP contribution in [0.5, 0.6) is 0 Å². The molecule has 3 rings (SSSR count). The van der Waals surface area contributed by atoms with Gasteiger partial charge in [-0.1, -0.05) is 6.92 Å². The van der Waals surface area contributed by atoms with Crippen molar-refractivity contribution < 1.29 is 14.4 Å². The third-order valence-electron chi connectivity index (χ3n) is 5.93. The van der Waals surface area contributed by atoms with Gasteiger partial charge in [0.25, 0.3) is 0 Å². The predicted molar refractivity (Wildman–Crippen MR) is 121 cm³/mol. The summed E-state index contributed by atoms with van der Waals surface area (Å²) >= 11 is 0. The molecule has 0 aliphatic heterocycles. The number of ketones is 3. The second kappa shape index (κ2) is 8.82. The van der Waals surface area contributed by atoms with Crippen molar-refractivity contribution >= 4 is 28.7 Å². The predicted octanol–water partition coefficient (Wildman–Crippen LogP) is 4.12. The van der Waals surface area contributed by atoms with Gasteiger partial charge in [0.2, 0.25) is 0 Å². The SMILES string of the molecule is CC1CC(C(=O)c2ccc(N(C)C)cc2)C(=O)C(C(=O)c2ccc(N(C)C)cc2)C1. The van der Waals surface area contributed by atoms with Gasteiger partial charge < -0.3 is 9.80 Å². The van der Waals surface area contributed by atoms with Gasteiger partial charge in [0.15, 0.2) is 17.3 Å². The average Bonchev–Trinajstić information content (AvgIpc) is 2.74. The fourth-order valence-electron chi connectivity index (χ4n) is 4.10. The van der Waals surface area contributed by atoms with E-state index in [9.17, 15) is 14.4 Å². The molecule has 2 aromatic carbocycles. The van der Waals surface area contributed by atoms with Crippen molar-refractivity contribution in [3.8, 4) is 0 Å². The van der Waals surface area contributed by atoms with Gasteiger partial charge in [-0.05, 0) is 67.3 Å². The summed E-state index contributed by atoms with van der Waals surface area (Å²) in [7, 11) is 7.74. The number of benzene rings is 2. The van der Waals surface area contributed by atoms with Crippen molar-refractivity contribution in [3.63, 3.8) is 0 Å². The van der Waals surface area contributed by atoms with Crippen LogP contribution in [-0.4, -0.2) is 45.5 Å². The standard InChI is InChI=1S/C25H30N2O3/c1-16-14-21(23(28)17-6-10-19(11-7-17)26(2)3)25(30)22(15-16)24(29)18-8-12-20(13-9-18)27(4)5/h6-13,16,21-22H,14-15H2,1-5H3. The molecule has 2 aromatic rings. The third-order valence-corrected chi connectivity index (χ3v) is 5.93. The Kier molecular flexibility index (Phi) is 6.40. The lowest BCUT2D eigenvalue weighted by Crippen LogP contribution is -2.40. The molecule has 30 heavy (non-hydrogen) atoms. The van der Waals surface area contributed by atoms with Crippen molar-refractivity contribution in [2.24, 2.45) is 17.8 Å². The Balaban J connectivity index is 1.81. The van der Waals surface area contributed by atoms with E-state index < -0.39 is 11.8 Å². The first kappa shape index (κ1) is 21.8. The Hall–Kier alpha value is -2.95. The third kappa shape index (κ3) is 4.45. The molecule has 1 aliphatic carbocycles. The van der Waals surface area contributed by atoms with E-state index in [1.807, 2.05) is 69.2 Å². The van der Waals surface area contributed by atoms with E-state index in [0.717, 1.165) is 11.4 Å². The Morgan fingerprint density at radius 2 is 1.03 bits per heavy atom. The highest BCUT2D eigenvalue weighted by atomic mass is 16.2. The van der Waals surface area contributed by atoms with Crippen LogP contribution < -0.4 is 9.80 Å². The van der Waals surface area contributed by atoms with Gasteiger partial charge in [0.1, 0.15) is 0 Å². The normalized spacial score (nSPS) is 21.2. The van der Waals surface area contributed by atoms with Crippen LogP contribution in [-0.2, 0) is 4.79 Å². The fraction of sp³-hybridized carbons (Fsp3) is 0.400. The monoisotopic (exact) mass is 406 g/mol. The molecule has 0 aromatic heterocycles. The summed E-state index contributed by atoms with van der Waals surface area (Å²) in [6, 6.07) is 14.6. The summed E-state index contributed by atoms with van der Waals surface area (Å²) in [5.41, 5.74) is 3.03. The minimum Gasteiger partial charge on any atom is -0.378 e. The van der Waals surface area contributed by atoms with Gasteiger partial charge >= 0.3 is 0 Å². The van der Waals surface area contributed by atoms with Gasteiger partial charge in [-0.15, -0.1) is 0 Å². The van der Waals surface area contributed by atoms with Crippen LogP contribution in [0.1, 0.15) is 40.5 Å². The largest absolute Gasteiger partial charge is 0.378 e. The van der Waals surface area contributed by atoms with Crippen LogP contribution in [0.3, 0.4) is 0 Å². The van der Waals surface area contributed by atoms with E-state index in [-0.39, 0.29) is 23.3 Å². The number of anilines is 2. The zero-order valence-electron chi connectivity index (χ0n) is 18.4. The van der Waals surface area contributed by atoms with Crippen molar-refractivity contribution in [1.82, 2.24) is 0 Å². The summed E-state index contributed by atoms with van der Waals surface area (Å²) in [4.78, 5) is 43.3. The van der Waals surface area contributed by atoms with Crippen molar-refractivity contribution in [1.29, 1.82) is 0 Å². The number of Topliss-reactive ketones (excluding diaryl/α,β-unsaturated/α-hetero) is 3. The quantitative estimate of drug-likeness (QED) is 0.534. The Morgan fingerprint density at radius 1 is 0.700 bits per heavy atom. The molecule has 0 bridgehead atoms. The zero-order valence-corrected chi connectivity index (χ0v) is 18.4. The number of hydrogen-bond acceptors (Lipinski definition) is 5. The van der Waals surface area contributed by atoms with E-state index in [1.54, 1.807) is 24.3 Å². The van der Waals surface area contributed by atoms with Crippen LogP contribution in [0, 0.1) is 17.8 Å². The minimum absolute atomic E-state index is 0.132. The molecule has 5 heteroatoms. The zero-order chi connectivity index (χ0) is 22.0. The molecule has 1 saturated carbocycles. The molecule has 2 atom stereocenters. The molecule has 0 spiro atoms. The molecule has 0 radical (unpaired) electrons. The topological polar surface area (TPSA) is 57.7 Å². The highest BCUT2D eigenvalue weighted by Gasteiger charge is 2.42. The molecule has 0 N–H and O–H groups in total. The van der Waals surface area contributed by atoms with Crippen LogP contribution in [0.2, 0.25) is 0 Å². The highest BCUT2D eigenvalue weighted by Crippen LogP contribution is 2.34. The molecule has 158 valence electrons. The number of carbonyl (C=O) groups is 3. The fourth-order valence-corrected chi connectivity index (χ4v) is 4.10. The van der Waals surface area contributed by atoms with Gasteiger partial charge in [0, 0.05) is 50.7 Å². The summed E-state index contributed by atoms with van der Waals surface area (Å²) < 4.78 is 0. The van der Waals surface area contributed by atoms with Gasteiger partial charge in [-0.2, -0.15) is 0 Å². The van der Waals surface area contributed by atoms with Gasteiger partial charge in [-0.25, -0.2) is 0 Å². The van der Waals surface area contributed by atoms with E-state index in [0.29, 0.717) is 24.0 Å².